The molecule has 3 heterocycles. The molecular weight excluding hydrogens is 432 g/mol. The first-order valence-electron chi connectivity index (χ1n) is 9.27. The van der Waals surface area contributed by atoms with Crippen molar-refractivity contribution in [2.75, 3.05) is 6.61 Å². The molecule has 0 radical (unpaired) electrons. The number of rotatable bonds is 7. The maximum absolute atomic E-state index is 12.8. The van der Waals surface area contributed by atoms with Gasteiger partial charge >= 0.3 is 5.97 Å². The van der Waals surface area contributed by atoms with E-state index in [9.17, 15) is 14.9 Å². The molecule has 31 heavy (non-hydrogen) atoms. The molecule has 4 rings (SSSR count). The number of hydrogen-bond donors (Lipinski definition) is 0. The second-order valence-electron chi connectivity index (χ2n) is 6.58. The zero-order valence-corrected chi connectivity index (χ0v) is 18.0. The second-order valence-corrected chi connectivity index (χ2v) is 8.42. The van der Waals surface area contributed by atoms with Gasteiger partial charge in [-0.3, -0.25) is 4.79 Å². The molecule has 1 aromatic carbocycles. The third kappa shape index (κ3) is 4.45. The van der Waals surface area contributed by atoms with E-state index in [1.807, 2.05) is 53.9 Å². The molecule has 1 atom stereocenters. The van der Waals surface area contributed by atoms with Gasteiger partial charge in [-0.05, 0) is 30.5 Å². The highest BCUT2D eigenvalue weighted by molar-refractivity contribution is 7.13. The molecule has 7 nitrogen and oxygen atoms in total. The number of Topliss-reactive ketones (excluding diaryl/α,β-unsaturated/α-hetero) is 1. The van der Waals surface area contributed by atoms with Crippen LogP contribution in [-0.4, -0.2) is 33.1 Å². The van der Waals surface area contributed by atoms with Crippen LogP contribution in [-0.2, 0) is 9.53 Å². The van der Waals surface area contributed by atoms with Gasteiger partial charge in [0, 0.05) is 17.3 Å². The Morgan fingerprint density at radius 2 is 2.00 bits per heavy atom. The van der Waals surface area contributed by atoms with Crippen LogP contribution in [0.25, 0.3) is 16.3 Å². The Balaban J connectivity index is 1.56. The lowest BCUT2D eigenvalue weighted by molar-refractivity contribution is -0.122. The van der Waals surface area contributed by atoms with Crippen LogP contribution in [0.15, 0.2) is 59.4 Å². The summed E-state index contributed by atoms with van der Waals surface area (Å²) in [6.07, 6.45) is 1.59. The summed E-state index contributed by atoms with van der Waals surface area (Å²) in [5, 5.41) is 18.0. The van der Waals surface area contributed by atoms with Crippen LogP contribution in [0, 0.1) is 18.3 Å². The van der Waals surface area contributed by atoms with E-state index in [2.05, 4.69) is 10.1 Å². The summed E-state index contributed by atoms with van der Waals surface area (Å²) in [4.78, 5) is 30.4. The lowest BCUT2D eigenvalue weighted by atomic mass is 10.1. The summed E-state index contributed by atoms with van der Waals surface area (Å²) < 4.78 is 6.88. The Labute approximate surface area is 186 Å². The molecule has 0 aliphatic rings. The molecular formula is C22H16N4O3S2. The number of benzene rings is 1. The van der Waals surface area contributed by atoms with Gasteiger partial charge in [-0.2, -0.15) is 10.4 Å². The average Bonchev–Trinajstić information content (AvgIpc) is 3.54. The van der Waals surface area contributed by atoms with Gasteiger partial charge < -0.3 is 4.74 Å². The van der Waals surface area contributed by atoms with E-state index >= 15 is 0 Å². The molecule has 0 aliphatic heterocycles. The molecule has 0 fully saturated rings. The largest absolute Gasteiger partial charge is 0.454 e. The van der Waals surface area contributed by atoms with Crippen molar-refractivity contribution in [1.82, 2.24) is 14.8 Å². The number of esters is 1. The fraction of sp³-hybridized carbons (Fsp3) is 0.136. The maximum Gasteiger partial charge on any atom is 0.342 e. The highest BCUT2D eigenvalue weighted by Crippen LogP contribution is 2.28. The number of hydrogen-bond acceptors (Lipinski definition) is 8. The molecule has 0 unspecified atom stereocenters. The molecule has 0 saturated heterocycles. The first kappa shape index (κ1) is 20.7. The van der Waals surface area contributed by atoms with E-state index in [0.29, 0.717) is 10.7 Å². The summed E-state index contributed by atoms with van der Waals surface area (Å²) in [7, 11) is 0. The monoisotopic (exact) mass is 448 g/mol. The third-order valence-corrected chi connectivity index (χ3v) is 6.29. The Bertz CT molecular complexity index is 1250. The third-order valence-electron chi connectivity index (χ3n) is 4.39. The molecule has 154 valence electrons. The highest BCUT2D eigenvalue weighted by atomic mass is 32.1. The zero-order chi connectivity index (χ0) is 21.8. The molecule has 4 aromatic rings. The van der Waals surface area contributed by atoms with Crippen molar-refractivity contribution in [3.05, 3.63) is 75.7 Å². The minimum absolute atomic E-state index is 0.248. The quantitative estimate of drug-likeness (QED) is 0.389. The standard InChI is InChI=1S/C22H16N4O3S2/c1-14-13-31-21(24-14)16(10-23)18(27)12-29-22(28)17-11-26(15-6-3-2-4-7-15)25-20(17)19-8-5-9-30-19/h2-9,11,13,16H,12H2,1H3/t16-/m0/s1. The minimum atomic E-state index is -1.06. The van der Waals surface area contributed by atoms with Crippen LogP contribution in [0.1, 0.15) is 27.0 Å². The van der Waals surface area contributed by atoms with Crippen molar-refractivity contribution in [2.24, 2.45) is 0 Å². The zero-order valence-electron chi connectivity index (χ0n) is 16.4. The maximum atomic E-state index is 12.8. The lowest BCUT2D eigenvalue weighted by Gasteiger charge is -2.06. The van der Waals surface area contributed by atoms with Gasteiger partial charge in [0.25, 0.3) is 0 Å². The fourth-order valence-corrected chi connectivity index (χ4v) is 4.48. The number of carbonyl (C=O) groups excluding carboxylic acids is 2. The normalized spacial score (nSPS) is 11.6. The van der Waals surface area contributed by atoms with Gasteiger partial charge in [-0.15, -0.1) is 22.7 Å². The van der Waals surface area contributed by atoms with Crippen molar-refractivity contribution >= 4 is 34.4 Å². The molecule has 0 amide bonds. The van der Waals surface area contributed by atoms with Gasteiger partial charge in [-0.25, -0.2) is 14.5 Å². The van der Waals surface area contributed by atoms with E-state index in [1.165, 1.54) is 22.7 Å². The van der Waals surface area contributed by atoms with Crippen LogP contribution in [0.5, 0.6) is 0 Å². The van der Waals surface area contributed by atoms with Crippen molar-refractivity contribution in [3.8, 4) is 22.3 Å². The lowest BCUT2D eigenvalue weighted by Crippen LogP contribution is -2.20. The highest BCUT2D eigenvalue weighted by Gasteiger charge is 2.26. The molecule has 0 saturated carbocycles. The van der Waals surface area contributed by atoms with E-state index in [4.69, 9.17) is 4.74 Å². The van der Waals surface area contributed by atoms with Crippen LogP contribution in [0.3, 0.4) is 0 Å². The van der Waals surface area contributed by atoms with Gasteiger partial charge in [0.2, 0.25) is 0 Å². The summed E-state index contributed by atoms with van der Waals surface area (Å²) in [6.45, 7) is 1.27. The summed E-state index contributed by atoms with van der Waals surface area (Å²) >= 11 is 2.68. The Morgan fingerprint density at radius 3 is 2.65 bits per heavy atom. The van der Waals surface area contributed by atoms with Crippen molar-refractivity contribution in [1.29, 1.82) is 5.26 Å². The van der Waals surface area contributed by atoms with Crippen LogP contribution < -0.4 is 0 Å². The van der Waals surface area contributed by atoms with E-state index < -0.39 is 24.3 Å². The van der Waals surface area contributed by atoms with Crippen molar-refractivity contribution < 1.29 is 14.3 Å². The van der Waals surface area contributed by atoms with Gasteiger partial charge in [0.05, 0.1) is 16.6 Å². The average molecular weight is 449 g/mol. The summed E-state index contributed by atoms with van der Waals surface area (Å²) in [5.74, 6) is -2.25. The van der Waals surface area contributed by atoms with Crippen LogP contribution >= 0.6 is 22.7 Å². The fourth-order valence-electron chi connectivity index (χ4n) is 2.90. The van der Waals surface area contributed by atoms with Crippen molar-refractivity contribution in [2.45, 2.75) is 12.8 Å². The Hall–Kier alpha value is -3.61. The molecule has 3 aromatic heterocycles. The number of nitriles is 1. The van der Waals surface area contributed by atoms with Crippen LogP contribution in [0.2, 0.25) is 0 Å². The number of thiazole rings is 1. The predicted molar refractivity (Wildman–Crippen MR) is 117 cm³/mol. The molecule has 9 heteroatoms. The number of aromatic nitrogens is 3. The smallest absolute Gasteiger partial charge is 0.342 e. The molecule has 0 aliphatic carbocycles. The SMILES string of the molecule is Cc1csc([C@@H](C#N)C(=O)COC(=O)c2cn(-c3ccccc3)nc2-c2cccs2)n1. The topological polar surface area (TPSA) is 97.9 Å². The van der Waals surface area contributed by atoms with E-state index in [1.54, 1.807) is 23.2 Å². The molecule has 0 bridgehead atoms. The number of thiophene rings is 1. The number of para-hydroxylation sites is 1. The second kappa shape index (κ2) is 9.04. The predicted octanol–water partition coefficient (Wildman–Crippen LogP) is 4.40. The summed E-state index contributed by atoms with van der Waals surface area (Å²) in [5.41, 5.74) is 2.25. The van der Waals surface area contributed by atoms with Gasteiger partial charge in [-0.1, -0.05) is 24.3 Å². The van der Waals surface area contributed by atoms with Gasteiger partial charge in [0.1, 0.15) is 16.3 Å². The minimum Gasteiger partial charge on any atom is -0.454 e. The van der Waals surface area contributed by atoms with E-state index in [0.717, 1.165) is 16.3 Å². The number of aryl methyl sites for hydroxylation is 1. The van der Waals surface area contributed by atoms with E-state index in [-0.39, 0.29) is 5.56 Å². The number of nitrogens with zero attached hydrogens (tertiary/aromatic N) is 4. The molecule has 0 spiro atoms. The first-order valence-corrected chi connectivity index (χ1v) is 11.0. The summed E-state index contributed by atoms with van der Waals surface area (Å²) in [6, 6.07) is 15.1. The van der Waals surface area contributed by atoms with Crippen molar-refractivity contribution in [3.63, 3.8) is 0 Å². The van der Waals surface area contributed by atoms with Gasteiger partial charge in [0.15, 0.2) is 18.3 Å². The Kier molecular flexibility index (Phi) is 6.02. The number of ketones is 1. The number of ether oxygens (including phenoxy) is 1. The Morgan fingerprint density at radius 1 is 1.19 bits per heavy atom. The molecule has 0 N–H and O–H groups in total. The van der Waals surface area contributed by atoms with Crippen LogP contribution in [0.4, 0.5) is 0 Å². The first-order chi connectivity index (χ1) is 15.1. The number of carbonyl (C=O) groups is 2.